The minimum Gasteiger partial charge on any atom is -0.496 e. The van der Waals surface area contributed by atoms with Crippen LogP contribution in [0.3, 0.4) is 0 Å². The smallest absolute Gasteiger partial charge is 0.261 e. The van der Waals surface area contributed by atoms with E-state index >= 15 is 0 Å². The van der Waals surface area contributed by atoms with Gasteiger partial charge in [-0.05, 0) is 80.3 Å². The standard InChI is InChI=1S/C28H33N3O6S2/c1-20-9-8-10-21(2)27(20)30-38(33,34)23-13-11-22(12-14-23)29-28(32)25-19-24(15-16-26(25)37-3)39(35,36)31-17-6-4-5-7-18-31/h8-16,19,30H,4-7,17-18H2,1-3H3,(H,29,32). The van der Waals surface area contributed by atoms with Crippen LogP contribution in [0.15, 0.2) is 70.5 Å². The molecule has 1 saturated heterocycles. The molecule has 3 aromatic rings. The second-order valence-corrected chi connectivity index (χ2v) is 13.2. The molecule has 0 saturated carbocycles. The van der Waals surface area contributed by atoms with E-state index in [-0.39, 0.29) is 21.1 Å². The lowest BCUT2D eigenvalue weighted by Crippen LogP contribution is -2.32. The zero-order valence-corrected chi connectivity index (χ0v) is 23.9. The number of benzene rings is 3. The minimum atomic E-state index is -3.86. The Hall–Kier alpha value is -3.41. The third kappa shape index (κ3) is 6.43. The molecule has 0 aliphatic carbocycles. The molecule has 1 aliphatic rings. The molecule has 1 heterocycles. The number of hydrogen-bond donors (Lipinski definition) is 2. The molecule has 9 nitrogen and oxygen atoms in total. The molecular weight excluding hydrogens is 538 g/mol. The summed E-state index contributed by atoms with van der Waals surface area (Å²) in [6.07, 6.45) is 3.58. The number of amides is 1. The maximum absolute atomic E-state index is 13.3. The van der Waals surface area contributed by atoms with Gasteiger partial charge < -0.3 is 10.1 Å². The van der Waals surface area contributed by atoms with Gasteiger partial charge in [0.2, 0.25) is 10.0 Å². The number of anilines is 2. The van der Waals surface area contributed by atoms with Crippen LogP contribution in [0.5, 0.6) is 5.75 Å². The predicted octanol–water partition coefficient (Wildman–Crippen LogP) is 4.93. The SMILES string of the molecule is COc1ccc(S(=O)(=O)N2CCCCCC2)cc1C(=O)Nc1ccc(S(=O)(=O)Nc2c(C)cccc2C)cc1. The number of para-hydroxylation sites is 1. The lowest BCUT2D eigenvalue weighted by molar-refractivity contribution is 0.102. The van der Waals surface area contributed by atoms with Crippen molar-refractivity contribution in [2.75, 3.05) is 30.2 Å². The second-order valence-electron chi connectivity index (χ2n) is 9.53. The summed E-state index contributed by atoms with van der Waals surface area (Å²) in [5.74, 6) is -0.358. The number of carbonyl (C=O) groups excluding carboxylic acids is 1. The van der Waals surface area contributed by atoms with Crippen LogP contribution >= 0.6 is 0 Å². The Morgan fingerprint density at radius 1 is 0.821 bits per heavy atom. The fourth-order valence-electron chi connectivity index (χ4n) is 4.54. The number of rotatable bonds is 8. The van der Waals surface area contributed by atoms with E-state index < -0.39 is 26.0 Å². The summed E-state index contributed by atoms with van der Waals surface area (Å²) >= 11 is 0. The summed E-state index contributed by atoms with van der Waals surface area (Å²) in [7, 11) is -6.22. The molecule has 208 valence electrons. The zero-order valence-electron chi connectivity index (χ0n) is 22.2. The maximum atomic E-state index is 13.3. The van der Waals surface area contributed by atoms with Crippen molar-refractivity contribution in [3.05, 3.63) is 77.4 Å². The largest absolute Gasteiger partial charge is 0.496 e. The number of nitrogens with zero attached hydrogens (tertiary/aromatic N) is 1. The molecule has 0 radical (unpaired) electrons. The highest BCUT2D eigenvalue weighted by Gasteiger charge is 2.27. The molecule has 2 N–H and O–H groups in total. The van der Waals surface area contributed by atoms with E-state index in [9.17, 15) is 21.6 Å². The topological polar surface area (TPSA) is 122 Å². The Balaban J connectivity index is 1.54. The average Bonchev–Trinajstić information content (AvgIpc) is 3.21. The molecule has 1 amide bonds. The quantitative estimate of drug-likeness (QED) is 0.395. The molecule has 0 unspecified atom stereocenters. The van der Waals surface area contributed by atoms with Crippen LogP contribution in [0.1, 0.15) is 47.2 Å². The van der Waals surface area contributed by atoms with E-state index in [1.165, 1.54) is 53.9 Å². The second kappa shape index (κ2) is 11.8. The van der Waals surface area contributed by atoms with E-state index in [0.717, 1.165) is 36.8 Å². The van der Waals surface area contributed by atoms with Crippen molar-refractivity contribution in [3.8, 4) is 5.75 Å². The molecule has 4 rings (SSSR count). The first-order valence-electron chi connectivity index (χ1n) is 12.7. The maximum Gasteiger partial charge on any atom is 0.261 e. The van der Waals surface area contributed by atoms with Crippen LogP contribution in [-0.2, 0) is 20.0 Å². The summed E-state index contributed by atoms with van der Waals surface area (Å²) in [4.78, 5) is 13.2. The number of nitrogens with one attached hydrogen (secondary N) is 2. The fraction of sp³-hybridized carbons (Fsp3) is 0.321. The van der Waals surface area contributed by atoms with Crippen molar-refractivity contribution in [2.24, 2.45) is 0 Å². The van der Waals surface area contributed by atoms with Gasteiger partial charge in [0.25, 0.3) is 15.9 Å². The summed E-state index contributed by atoms with van der Waals surface area (Å²) < 4.78 is 61.9. The Bertz CT molecular complexity index is 1540. The normalized spacial score (nSPS) is 14.8. The lowest BCUT2D eigenvalue weighted by atomic mass is 10.1. The van der Waals surface area contributed by atoms with Crippen LogP contribution in [0, 0.1) is 13.8 Å². The van der Waals surface area contributed by atoms with E-state index in [0.29, 0.717) is 24.5 Å². The number of methoxy groups -OCH3 is 1. The Kier molecular flexibility index (Phi) is 8.63. The highest BCUT2D eigenvalue weighted by molar-refractivity contribution is 7.92. The lowest BCUT2D eigenvalue weighted by Gasteiger charge is -2.20. The van der Waals surface area contributed by atoms with Gasteiger partial charge in [-0.15, -0.1) is 0 Å². The van der Waals surface area contributed by atoms with Gasteiger partial charge >= 0.3 is 0 Å². The first-order valence-corrected chi connectivity index (χ1v) is 15.6. The summed E-state index contributed by atoms with van der Waals surface area (Å²) in [5.41, 5.74) is 2.53. The number of aryl methyl sites for hydroxylation is 2. The van der Waals surface area contributed by atoms with E-state index in [2.05, 4.69) is 10.0 Å². The van der Waals surface area contributed by atoms with Gasteiger partial charge in [-0.2, -0.15) is 4.31 Å². The zero-order chi connectivity index (χ0) is 28.2. The van der Waals surface area contributed by atoms with E-state index in [1.54, 1.807) is 0 Å². The van der Waals surface area contributed by atoms with Gasteiger partial charge in [0.05, 0.1) is 28.2 Å². The fourth-order valence-corrected chi connectivity index (χ4v) is 7.29. The van der Waals surface area contributed by atoms with Crippen LogP contribution < -0.4 is 14.8 Å². The summed E-state index contributed by atoms with van der Waals surface area (Å²) in [6, 6.07) is 15.5. The molecule has 11 heteroatoms. The van der Waals surface area contributed by atoms with Crippen molar-refractivity contribution in [1.29, 1.82) is 0 Å². The van der Waals surface area contributed by atoms with Crippen LogP contribution in [-0.4, -0.2) is 47.2 Å². The monoisotopic (exact) mass is 571 g/mol. The van der Waals surface area contributed by atoms with Crippen LogP contribution in [0.4, 0.5) is 11.4 Å². The minimum absolute atomic E-state index is 0.0226. The molecule has 0 atom stereocenters. The first kappa shape index (κ1) is 28.6. The molecule has 3 aromatic carbocycles. The van der Waals surface area contributed by atoms with Gasteiger partial charge in [0.15, 0.2) is 0 Å². The van der Waals surface area contributed by atoms with Gasteiger partial charge in [-0.1, -0.05) is 31.0 Å². The van der Waals surface area contributed by atoms with Crippen molar-refractivity contribution in [2.45, 2.75) is 49.3 Å². The van der Waals surface area contributed by atoms with Crippen molar-refractivity contribution in [3.63, 3.8) is 0 Å². The third-order valence-corrected chi connectivity index (χ3v) is 10.0. The van der Waals surface area contributed by atoms with Gasteiger partial charge in [0.1, 0.15) is 5.75 Å². The Morgan fingerprint density at radius 2 is 1.41 bits per heavy atom. The highest BCUT2D eigenvalue weighted by atomic mass is 32.2. The number of carbonyl (C=O) groups is 1. The molecule has 0 spiro atoms. The van der Waals surface area contributed by atoms with E-state index in [1.807, 2.05) is 32.0 Å². The van der Waals surface area contributed by atoms with Crippen LogP contribution in [0.25, 0.3) is 0 Å². The number of hydrogen-bond acceptors (Lipinski definition) is 6. The molecular formula is C28H33N3O6S2. The van der Waals surface area contributed by atoms with Crippen molar-refractivity contribution < 1.29 is 26.4 Å². The van der Waals surface area contributed by atoms with Gasteiger partial charge in [-0.3, -0.25) is 9.52 Å². The van der Waals surface area contributed by atoms with Gasteiger partial charge in [-0.25, -0.2) is 16.8 Å². The molecule has 0 bridgehead atoms. The third-order valence-electron chi connectivity index (χ3n) is 6.76. The van der Waals surface area contributed by atoms with Crippen LogP contribution in [0.2, 0.25) is 0 Å². The average molecular weight is 572 g/mol. The summed E-state index contributed by atoms with van der Waals surface area (Å²) in [6.45, 7) is 4.55. The summed E-state index contributed by atoms with van der Waals surface area (Å²) in [5, 5.41) is 2.71. The highest BCUT2D eigenvalue weighted by Crippen LogP contribution is 2.28. The Morgan fingerprint density at radius 3 is 2.00 bits per heavy atom. The number of ether oxygens (including phenoxy) is 1. The Labute approximate surface area is 230 Å². The first-order chi connectivity index (χ1) is 18.5. The van der Waals surface area contributed by atoms with Gasteiger partial charge in [0, 0.05) is 18.8 Å². The van der Waals surface area contributed by atoms with Crippen molar-refractivity contribution >= 4 is 37.3 Å². The predicted molar refractivity (Wildman–Crippen MR) is 151 cm³/mol. The molecule has 0 aromatic heterocycles. The molecule has 39 heavy (non-hydrogen) atoms. The van der Waals surface area contributed by atoms with E-state index in [4.69, 9.17) is 4.74 Å². The number of sulfonamides is 2. The molecule has 1 aliphatic heterocycles. The molecule has 1 fully saturated rings. The van der Waals surface area contributed by atoms with Crippen molar-refractivity contribution in [1.82, 2.24) is 4.31 Å².